The number of hydrogen-bond donors (Lipinski definition) is 1. The molecular weight excluding hydrogens is 512 g/mol. The number of aromatic nitrogens is 2. The van der Waals surface area contributed by atoms with Gasteiger partial charge in [0.15, 0.2) is 0 Å². The Hall–Kier alpha value is -3.27. The molecule has 1 aliphatic carbocycles. The summed E-state index contributed by atoms with van der Waals surface area (Å²) in [5.74, 6) is 0.928. The minimum atomic E-state index is -0.946. The molecule has 3 heterocycles. The van der Waals surface area contributed by atoms with Crippen LogP contribution in [0.2, 0.25) is 0 Å². The molecule has 2 amide bonds. The van der Waals surface area contributed by atoms with Crippen molar-refractivity contribution in [2.45, 2.75) is 96.6 Å². The minimum Gasteiger partial charge on any atom is -0.489 e. The molecule has 0 radical (unpaired) electrons. The summed E-state index contributed by atoms with van der Waals surface area (Å²) in [5, 5.41) is 14.7. The lowest BCUT2D eigenvalue weighted by Gasteiger charge is -2.39. The molecule has 3 aliphatic rings. The smallest absolute Gasteiger partial charge is 0.412 e. The molecule has 1 saturated heterocycles. The predicted molar refractivity (Wildman–Crippen MR) is 151 cm³/mol. The number of piperidine rings is 1. The Labute approximate surface area is 236 Å². The molecule has 2 aromatic rings. The first-order valence-electron chi connectivity index (χ1n) is 14.4. The Morgan fingerprint density at radius 2 is 1.88 bits per heavy atom. The highest BCUT2D eigenvalue weighted by molar-refractivity contribution is 5.91. The Balaban J connectivity index is 1.44. The van der Waals surface area contributed by atoms with Gasteiger partial charge in [-0.2, -0.15) is 5.10 Å². The number of anilines is 1. The Morgan fingerprint density at radius 1 is 1.12 bits per heavy atom. The summed E-state index contributed by atoms with van der Waals surface area (Å²) < 4.78 is 19.9. The summed E-state index contributed by atoms with van der Waals surface area (Å²) in [6.45, 7) is 10.6. The molecule has 10 heteroatoms. The van der Waals surface area contributed by atoms with Crippen LogP contribution in [0.25, 0.3) is 11.1 Å². The van der Waals surface area contributed by atoms with E-state index < -0.39 is 11.7 Å². The molecule has 1 aromatic carbocycles. The van der Waals surface area contributed by atoms with Gasteiger partial charge in [0.05, 0.1) is 36.7 Å². The molecule has 1 saturated carbocycles. The largest absolute Gasteiger partial charge is 0.489 e. The summed E-state index contributed by atoms with van der Waals surface area (Å²) in [4.78, 5) is 28.1. The average molecular weight is 555 g/mol. The summed E-state index contributed by atoms with van der Waals surface area (Å²) in [5.41, 5.74) is 2.93. The van der Waals surface area contributed by atoms with E-state index in [0.717, 1.165) is 48.1 Å². The molecule has 40 heavy (non-hydrogen) atoms. The number of nitrogens with zero attached hydrogens (tertiary/aromatic N) is 4. The number of methoxy groups -OCH3 is 1. The van der Waals surface area contributed by atoms with Gasteiger partial charge in [-0.3, -0.25) is 9.58 Å². The van der Waals surface area contributed by atoms with Crippen LogP contribution in [0.5, 0.6) is 5.75 Å². The fourth-order valence-electron chi connectivity index (χ4n) is 5.89. The first-order valence-corrected chi connectivity index (χ1v) is 14.4. The molecule has 10 nitrogen and oxygen atoms in total. The van der Waals surface area contributed by atoms with Crippen molar-refractivity contribution < 1.29 is 28.9 Å². The summed E-state index contributed by atoms with van der Waals surface area (Å²) in [6, 6.07) is 3.71. The van der Waals surface area contributed by atoms with E-state index in [9.17, 15) is 14.7 Å². The lowest BCUT2D eigenvalue weighted by Crippen LogP contribution is -2.49. The van der Waals surface area contributed by atoms with Gasteiger partial charge in [-0.25, -0.2) is 9.59 Å². The normalized spacial score (nSPS) is 25.2. The van der Waals surface area contributed by atoms with Crippen LogP contribution in [0, 0.1) is 5.92 Å². The lowest BCUT2D eigenvalue weighted by atomic mass is 9.85. The third kappa shape index (κ3) is 5.50. The third-order valence-corrected chi connectivity index (χ3v) is 8.53. The first-order chi connectivity index (χ1) is 19.0. The zero-order valence-corrected chi connectivity index (χ0v) is 24.4. The van der Waals surface area contributed by atoms with E-state index in [-0.39, 0.29) is 36.3 Å². The number of rotatable bonds is 5. The number of fused-ring (bicyclic) bond motifs is 1. The molecule has 0 bridgehead atoms. The fraction of sp³-hybridized carbons (Fsp3) is 0.633. The minimum absolute atomic E-state index is 0.0468. The van der Waals surface area contributed by atoms with Crippen molar-refractivity contribution in [1.29, 1.82) is 0 Å². The Morgan fingerprint density at radius 3 is 2.50 bits per heavy atom. The fourth-order valence-corrected chi connectivity index (χ4v) is 5.89. The van der Waals surface area contributed by atoms with Crippen molar-refractivity contribution in [3.63, 3.8) is 0 Å². The molecule has 2 aliphatic heterocycles. The Bertz CT molecular complexity index is 1250. The van der Waals surface area contributed by atoms with Gasteiger partial charge in [0.2, 0.25) is 0 Å². The topological polar surface area (TPSA) is 106 Å². The number of ether oxygens (including phenoxy) is 3. The van der Waals surface area contributed by atoms with E-state index >= 15 is 0 Å². The van der Waals surface area contributed by atoms with Gasteiger partial charge in [0.25, 0.3) is 0 Å². The maximum atomic E-state index is 12.7. The van der Waals surface area contributed by atoms with Crippen molar-refractivity contribution in [3.05, 3.63) is 30.1 Å². The molecule has 2 fully saturated rings. The molecule has 4 atom stereocenters. The molecule has 218 valence electrons. The van der Waals surface area contributed by atoms with E-state index in [1.54, 1.807) is 12.0 Å². The van der Waals surface area contributed by atoms with E-state index in [4.69, 9.17) is 19.3 Å². The van der Waals surface area contributed by atoms with Gasteiger partial charge >= 0.3 is 12.2 Å². The SMILES string of the molecule is COC1CN(C(=O)OC(C)(C)C)CCC1n1cc(-c2ccc3c(c2OC2CCC2)C[C@H](C)C(C)N3C(=O)O)cn1. The zero-order valence-electron chi connectivity index (χ0n) is 24.4. The van der Waals surface area contributed by atoms with Gasteiger partial charge in [-0.1, -0.05) is 6.92 Å². The van der Waals surface area contributed by atoms with Gasteiger partial charge in [-0.05, 0) is 77.8 Å². The van der Waals surface area contributed by atoms with E-state index in [0.29, 0.717) is 25.2 Å². The van der Waals surface area contributed by atoms with Gasteiger partial charge < -0.3 is 24.2 Å². The van der Waals surface area contributed by atoms with Crippen molar-refractivity contribution in [2.24, 2.45) is 5.92 Å². The van der Waals surface area contributed by atoms with Gasteiger partial charge in [0.1, 0.15) is 11.4 Å². The maximum Gasteiger partial charge on any atom is 0.412 e. The number of carbonyl (C=O) groups is 2. The van der Waals surface area contributed by atoms with Crippen molar-refractivity contribution in [3.8, 4) is 16.9 Å². The second-order valence-electron chi connectivity index (χ2n) is 12.5. The standard InChI is InChI=1S/C30H42N4O6/c1-18-14-23-24(34(19(18)2)28(35)36)11-10-22(27(23)39-21-8-7-9-21)20-15-31-33(16-20)25-12-13-32(17-26(25)38-6)29(37)40-30(3,4)5/h10-11,15-16,18-19,21,25-26H,7-9,12-14,17H2,1-6H3,(H,35,36)/t18-,19?,25?,26?/m0/s1. The van der Waals surface area contributed by atoms with Crippen LogP contribution in [-0.4, -0.2) is 76.0 Å². The quantitative estimate of drug-likeness (QED) is 0.502. The van der Waals surface area contributed by atoms with Crippen LogP contribution in [-0.2, 0) is 15.9 Å². The van der Waals surface area contributed by atoms with Gasteiger partial charge in [0, 0.05) is 42.6 Å². The summed E-state index contributed by atoms with van der Waals surface area (Å²) in [7, 11) is 1.66. The number of likely N-dealkylation sites (tertiary alicyclic amines) is 1. The van der Waals surface area contributed by atoms with E-state index in [2.05, 4.69) is 6.92 Å². The van der Waals surface area contributed by atoms with Crippen LogP contribution in [0.15, 0.2) is 24.5 Å². The highest BCUT2D eigenvalue weighted by atomic mass is 16.6. The van der Waals surface area contributed by atoms with Crippen LogP contribution >= 0.6 is 0 Å². The monoisotopic (exact) mass is 554 g/mol. The first kappa shape index (κ1) is 28.3. The zero-order chi connectivity index (χ0) is 28.8. The molecule has 1 aromatic heterocycles. The highest BCUT2D eigenvalue weighted by Crippen LogP contribution is 2.46. The van der Waals surface area contributed by atoms with Gasteiger partial charge in [-0.15, -0.1) is 0 Å². The van der Waals surface area contributed by atoms with E-state index in [1.165, 1.54) is 4.90 Å². The van der Waals surface area contributed by atoms with Crippen molar-refractivity contribution >= 4 is 17.9 Å². The molecule has 3 unspecified atom stereocenters. The molecular formula is C30H42N4O6. The third-order valence-electron chi connectivity index (χ3n) is 8.53. The second-order valence-corrected chi connectivity index (χ2v) is 12.5. The number of carboxylic acid groups (broad SMARTS) is 1. The second kappa shape index (κ2) is 11.0. The number of benzene rings is 1. The Kier molecular flexibility index (Phi) is 7.74. The number of carbonyl (C=O) groups excluding carboxylic acids is 1. The number of amides is 2. The molecule has 1 N–H and O–H groups in total. The summed E-state index contributed by atoms with van der Waals surface area (Å²) >= 11 is 0. The lowest BCUT2D eigenvalue weighted by molar-refractivity contribution is -0.0274. The van der Waals surface area contributed by atoms with E-state index in [1.807, 2.05) is 56.9 Å². The molecule has 0 spiro atoms. The molecule has 5 rings (SSSR count). The predicted octanol–water partition coefficient (Wildman–Crippen LogP) is 5.74. The number of hydrogen-bond acceptors (Lipinski definition) is 6. The summed E-state index contributed by atoms with van der Waals surface area (Å²) in [6.07, 6.45) is 7.05. The van der Waals surface area contributed by atoms with Crippen LogP contribution in [0.4, 0.5) is 15.3 Å². The van der Waals surface area contributed by atoms with Crippen molar-refractivity contribution in [1.82, 2.24) is 14.7 Å². The van der Waals surface area contributed by atoms with Crippen molar-refractivity contribution in [2.75, 3.05) is 25.1 Å². The maximum absolute atomic E-state index is 12.7. The van der Waals surface area contributed by atoms with Crippen LogP contribution < -0.4 is 9.64 Å². The van der Waals surface area contributed by atoms with Crippen LogP contribution in [0.3, 0.4) is 0 Å². The van der Waals surface area contributed by atoms with Crippen LogP contribution in [0.1, 0.15) is 71.9 Å². The highest BCUT2D eigenvalue weighted by Gasteiger charge is 2.38. The average Bonchev–Trinajstić information content (AvgIpc) is 3.35.